The van der Waals surface area contributed by atoms with Crippen LogP contribution in [0, 0.1) is 17.6 Å². The van der Waals surface area contributed by atoms with Crippen LogP contribution in [-0.2, 0) is 0 Å². The number of benzene rings is 1. The zero-order chi connectivity index (χ0) is 11.7. The highest BCUT2D eigenvalue weighted by Crippen LogP contribution is 2.27. The Labute approximate surface area is 94.0 Å². The number of rotatable bonds is 1. The van der Waals surface area contributed by atoms with Gasteiger partial charge in [0.05, 0.1) is 0 Å². The van der Waals surface area contributed by atoms with Gasteiger partial charge in [-0.25, -0.2) is 8.78 Å². The van der Waals surface area contributed by atoms with Gasteiger partial charge in [0.15, 0.2) is 0 Å². The Morgan fingerprint density at radius 3 is 2.50 bits per heavy atom. The van der Waals surface area contributed by atoms with Crippen molar-refractivity contribution < 1.29 is 8.78 Å². The number of hydrogen-bond donors (Lipinski definition) is 1. The number of para-hydroxylation sites is 1. The average Bonchev–Trinajstić information content (AvgIpc) is 2.23. The average molecular weight is 226 g/mol. The largest absolute Gasteiger partial charge is 0.366 e. The maximum atomic E-state index is 13.5. The highest BCUT2D eigenvalue weighted by atomic mass is 19.1. The van der Waals surface area contributed by atoms with Crippen molar-refractivity contribution in [1.29, 1.82) is 0 Å². The van der Waals surface area contributed by atoms with E-state index in [2.05, 4.69) is 0 Å². The summed E-state index contributed by atoms with van der Waals surface area (Å²) in [4.78, 5) is 1.75. The summed E-state index contributed by atoms with van der Waals surface area (Å²) >= 11 is 0. The van der Waals surface area contributed by atoms with Crippen LogP contribution < -0.4 is 10.6 Å². The molecule has 88 valence electrons. The molecule has 1 aliphatic heterocycles. The second-order valence-corrected chi connectivity index (χ2v) is 4.45. The van der Waals surface area contributed by atoms with Crippen LogP contribution in [0.15, 0.2) is 18.2 Å². The van der Waals surface area contributed by atoms with Gasteiger partial charge in [0.2, 0.25) is 0 Å². The molecule has 1 saturated heterocycles. The number of hydrogen-bond acceptors (Lipinski definition) is 2. The summed E-state index contributed by atoms with van der Waals surface area (Å²) in [7, 11) is 0. The maximum Gasteiger partial charge on any atom is 0.149 e. The summed E-state index contributed by atoms with van der Waals surface area (Å²) in [6, 6.07) is 4.09. The van der Waals surface area contributed by atoms with Crippen LogP contribution >= 0.6 is 0 Å². The lowest BCUT2D eigenvalue weighted by Gasteiger charge is -2.36. The molecule has 0 aromatic heterocycles. The quantitative estimate of drug-likeness (QED) is 0.795. The third-order valence-corrected chi connectivity index (χ3v) is 3.23. The van der Waals surface area contributed by atoms with Gasteiger partial charge in [0.25, 0.3) is 0 Å². The molecule has 1 aliphatic rings. The molecule has 2 nitrogen and oxygen atoms in total. The minimum atomic E-state index is -0.498. The molecule has 2 atom stereocenters. The molecule has 2 unspecified atom stereocenters. The third kappa shape index (κ3) is 2.02. The lowest BCUT2D eigenvalue weighted by molar-refractivity contribution is 0.377. The van der Waals surface area contributed by atoms with Gasteiger partial charge in [-0.2, -0.15) is 0 Å². The van der Waals surface area contributed by atoms with Gasteiger partial charge >= 0.3 is 0 Å². The van der Waals surface area contributed by atoms with E-state index in [-0.39, 0.29) is 17.6 Å². The monoisotopic (exact) mass is 226 g/mol. The fourth-order valence-corrected chi connectivity index (χ4v) is 2.16. The molecule has 2 N–H and O–H groups in total. The predicted molar refractivity (Wildman–Crippen MR) is 60.3 cm³/mol. The number of anilines is 1. The summed E-state index contributed by atoms with van der Waals surface area (Å²) < 4.78 is 27.1. The Balaban J connectivity index is 2.25. The minimum Gasteiger partial charge on any atom is -0.366 e. The fourth-order valence-electron chi connectivity index (χ4n) is 2.16. The van der Waals surface area contributed by atoms with Gasteiger partial charge in [0, 0.05) is 19.1 Å². The number of nitrogens with two attached hydrogens (primary N) is 1. The molecule has 1 aromatic rings. The van der Waals surface area contributed by atoms with E-state index >= 15 is 0 Å². The van der Waals surface area contributed by atoms with Crippen molar-refractivity contribution in [2.24, 2.45) is 11.7 Å². The number of halogens is 2. The van der Waals surface area contributed by atoms with E-state index in [1.54, 1.807) is 4.90 Å². The van der Waals surface area contributed by atoms with Crippen LogP contribution in [-0.4, -0.2) is 19.1 Å². The van der Waals surface area contributed by atoms with E-state index in [0.29, 0.717) is 13.1 Å². The fraction of sp³-hybridized carbons (Fsp3) is 0.500. The van der Waals surface area contributed by atoms with Gasteiger partial charge in [-0.1, -0.05) is 13.0 Å². The summed E-state index contributed by atoms with van der Waals surface area (Å²) in [6.07, 6.45) is 0.773. The molecule has 1 fully saturated rings. The van der Waals surface area contributed by atoms with E-state index in [0.717, 1.165) is 6.42 Å². The van der Waals surface area contributed by atoms with Crippen molar-refractivity contribution in [3.63, 3.8) is 0 Å². The molecule has 2 rings (SSSR count). The van der Waals surface area contributed by atoms with Crippen LogP contribution in [0.4, 0.5) is 14.5 Å². The second kappa shape index (κ2) is 4.37. The van der Waals surface area contributed by atoms with Gasteiger partial charge in [-0.3, -0.25) is 0 Å². The predicted octanol–water partition coefficient (Wildman–Crippen LogP) is 2.14. The van der Waals surface area contributed by atoms with Gasteiger partial charge in [-0.05, 0) is 24.5 Å². The van der Waals surface area contributed by atoms with Crippen molar-refractivity contribution in [3.8, 4) is 0 Å². The number of nitrogens with zero attached hydrogens (tertiary/aromatic N) is 1. The molecule has 1 heterocycles. The van der Waals surface area contributed by atoms with E-state index in [1.165, 1.54) is 18.2 Å². The molecule has 1 aromatic carbocycles. The molecule has 0 bridgehead atoms. The highest BCUT2D eigenvalue weighted by molar-refractivity contribution is 5.49. The smallest absolute Gasteiger partial charge is 0.149 e. The normalized spacial score (nSPS) is 25.9. The third-order valence-electron chi connectivity index (χ3n) is 3.23. The Morgan fingerprint density at radius 1 is 1.31 bits per heavy atom. The maximum absolute atomic E-state index is 13.5. The summed E-state index contributed by atoms with van der Waals surface area (Å²) in [5, 5.41) is 0. The Hall–Kier alpha value is -1.16. The molecule has 0 spiro atoms. The molecule has 4 heteroatoms. The van der Waals surface area contributed by atoms with Crippen molar-refractivity contribution in [3.05, 3.63) is 29.8 Å². The van der Waals surface area contributed by atoms with Crippen molar-refractivity contribution in [2.45, 2.75) is 19.4 Å². The first-order valence-corrected chi connectivity index (χ1v) is 5.54. The Kier molecular flexibility index (Phi) is 3.10. The van der Waals surface area contributed by atoms with Crippen molar-refractivity contribution in [2.75, 3.05) is 18.0 Å². The molecule has 0 saturated carbocycles. The first-order valence-electron chi connectivity index (χ1n) is 5.54. The summed E-state index contributed by atoms with van der Waals surface area (Å²) in [5.41, 5.74) is 5.96. The van der Waals surface area contributed by atoms with E-state index in [1.807, 2.05) is 6.92 Å². The second-order valence-electron chi connectivity index (χ2n) is 4.45. The lowest BCUT2D eigenvalue weighted by Crippen LogP contribution is -2.46. The SMILES string of the molecule is CC1CN(c2c(F)cccc2F)CCC1N. The van der Waals surface area contributed by atoms with Gasteiger partial charge < -0.3 is 10.6 Å². The van der Waals surface area contributed by atoms with Crippen LogP contribution in [0.1, 0.15) is 13.3 Å². The zero-order valence-corrected chi connectivity index (χ0v) is 9.29. The molecular weight excluding hydrogens is 210 g/mol. The van der Waals surface area contributed by atoms with Crippen LogP contribution in [0.3, 0.4) is 0 Å². The van der Waals surface area contributed by atoms with Crippen LogP contribution in [0.2, 0.25) is 0 Å². The molecule has 16 heavy (non-hydrogen) atoms. The van der Waals surface area contributed by atoms with Crippen LogP contribution in [0.25, 0.3) is 0 Å². The van der Waals surface area contributed by atoms with Crippen molar-refractivity contribution >= 4 is 5.69 Å². The molecule has 0 aliphatic carbocycles. The van der Waals surface area contributed by atoms with Crippen LogP contribution in [0.5, 0.6) is 0 Å². The van der Waals surface area contributed by atoms with Gasteiger partial charge in [0.1, 0.15) is 17.3 Å². The standard InChI is InChI=1S/C12H16F2N2/c1-8-7-16(6-5-11(8)15)12-9(13)3-2-4-10(12)14/h2-4,8,11H,5-7,15H2,1H3. The molecular formula is C12H16F2N2. The van der Waals surface area contributed by atoms with E-state index < -0.39 is 11.6 Å². The Morgan fingerprint density at radius 2 is 1.94 bits per heavy atom. The summed E-state index contributed by atoms with van der Waals surface area (Å²) in [5.74, 6) is -0.738. The summed E-state index contributed by atoms with van der Waals surface area (Å²) in [6.45, 7) is 3.23. The lowest BCUT2D eigenvalue weighted by atomic mass is 9.94. The van der Waals surface area contributed by atoms with E-state index in [4.69, 9.17) is 5.73 Å². The highest BCUT2D eigenvalue weighted by Gasteiger charge is 2.26. The minimum absolute atomic E-state index is 0.0845. The molecule has 0 radical (unpaired) electrons. The topological polar surface area (TPSA) is 29.3 Å². The Bertz CT molecular complexity index is 361. The molecule has 0 amide bonds. The van der Waals surface area contributed by atoms with Gasteiger partial charge in [-0.15, -0.1) is 0 Å². The van der Waals surface area contributed by atoms with E-state index in [9.17, 15) is 8.78 Å². The zero-order valence-electron chi connectivity index (χ0n) is 9.29. The first kappa shape index (κ1) is 11.3. The first-order chi connectivity index (χ1) is 7.59. The van der Waals surface area contributed by atoms with Crippen molar-refractivity contribution in [1.82, 2.24) is 0 Å². The number of piperidine rings is 1.